The summed E-state index contributed by atoms with van der Waals surface area (Å²) in [5.74, 6) is 0.767. The molecule has 1 aliphatic rings. The van der Waals surface area contributed by atoms with E-state index in [1.165, 1.54) is 29.5 Å². The van der Waals surface area contributed by atoms with Crippen LogP contribution in [0.5, 0.6) is 5.75 Å². The summed E-state index contributed by atoms with van der Waals surface area (Å²) < 4.78 is 6.08. The maximum Gasteiger partial charge on any atom is 0.261 e. The molecule has 27 heavy (non-hydrogen) atoms. The lowest BCUT2D eigenvalue weighted by atomic mass is 9.92. The van der Waals surface area contributed by atoms with E-state index in [1.807, 2.05) is 13.0 Å². The highest BCUT2D eigenvalue weighted by Crippen LogP contribution is 2.26. The molecule has 0 saturated heterocycles. The van der Waals surface area contributed by atoms with Gasteiger partial charge in [-0.1, -0.05) is 49.7 Å². The van der Waals surface area contributed by atoms with Crippen LogP contribution in [0.4, 0.5) is 0 Å². The number of amides is 1. The zero-order chi connectivity index (χ0) is 19.2. The van der Waals surface area contributed by atoms with Crippen LogP contribution >= 0.6 is 0 Å². The fourth-order valence-corrected chi connectivity index (χ4v) is 3.75. The van der Waals surface area contributed by atoms with E-state index in [9.17, 15) is 4.79 Å². The maximum atomic E-state index is 12.8. The smallest absolute Gasteiger partial charge is 0.261 e. The SMILES string of the molecule is CC[C@@H](Oc1ccc2c(c1)CCCC2)C(=O)N[C@H](CC)c1ccc(C)cc1. The summed E-state index contributed by atoms with van der Waals surface area (Å²) in [4.78, 5) is 12.8. The highest BCUT2D eigenvalue weighted by atomic mass is 16.5. The molecule has 2 aromatic rings. The summed E-state index contributed by atoms with van der Waals surface area (Å²) in [5.41, 5.74) is 5.17. The maximum absolute atomic E-state index is 12.8. The van der Waals surface area contributed by atoms with Crippen LogP contribution < -0.4 is 10.1 Å². The van der Waals surface area contributed by atoms with Gasteiger partial charge < -0.3 is 10.1 Å². The molecule has 0 fully saturated rings. The molecule has 3 rings (SSSR count). The van der Waals surface area contributed by atoms with Gasteiger partial charge in [-0.2, -0.15) is 0 Å². The minimum absolute atomic E-state index is 0.0132. The van der Waals surface area contributed by atoms with Gasteiger partial charge >= 0.3 is 0 Å². The van der Waals surface area contributed by atoms with Gasteiger partial charge in [0.05, 0.1) is 6.04 Å². The van der Waals surface area contributed by atoms with Crippen LogP contribution in [0.1, 0.15) is 67.8 Å². The van der Waals surface area contributed by atoms with Gasteiger partial charge in [0.2, 0.25) is 0 Å². The van der Waals surface area contributed by atoms with Gasteiger partial charge in [-0.25, -0.2) is 0 Å². The van der Waals surface area contributed by atoms with E-state index >= 15 is 0 Å². The predicted molar refractivity (Wildman–Crippen MR) is 110 cm³/mol. The number of carbonyl (C=O) groups excluding carboxylic acids is 1. The van der Waals surface area contributed by atoms with Crippen LogP contribution in [-0.2, 0) is 17.6 Å². The number of hydrogen-bond acceptors (Lipinski definition) is 2. The van der Waals surface area contributed by atoms with E-state index in [0.29, 0.717) is 6.42 Å². The molecular formula is C24H31NO2. The van der Waals surface area contributed by atoms with E-state index in [0.717, 1.165) is 30.6 Å². The molecule has 0 spiro atoms. The van der Waals surface area contributed by atoms with Crippen molar-refractivity contribution in [1.82, 2.24) is 5.32 Å². The fourth-order valence-electron chi connectivity index (χ4n) is 3.75. The average molecular weight is 366 g/mol. The highest BCUT2D eigenvalue weighted by Gasteiger charge is 2.22. The molecule has 0 heterocycles. The molecule has 1 amide bonds. The normalized spacial score (nSPS) is 15.5. The minimum Gasteiger partial charge on any atom is -0.481 e. The number of rotatable bonds is 7. The second-order valence-electron chi connectivity index (χ2n) is 7.53. The molecule has 0 aromatic heterocycles. The van der Waals surface area contributed by atoms with Crippen molar-refractivity contribution in [2.24, 2.45) is 0 Å². The number of hydrogen-bond donors (Lipinski definition) is 1. The van der Waals surface area contributed by atoms with Crippen LogP contribution in [0.2, 0.25) is 0 Å². The standard InChI is InChI=1S/C24H31NO2/c1-4-22(19-12-10-17(3)11-13-19)25-24(26)23(5-2)27-21-15-14-18-8-6-7-9-20(18)16-21/h10-16,22-23H,4-9H2,1-3H3,(H,25,26)/t22-,23-/m1/s1. The Morgan fingerprint density at radius 2 is 1.70 bits per heavy atom. The van der Waals surface area contributed by atoms with Gasteiger partial charge in [-0.15, -0.1) is 0 Å². The molecule has 0 radical (unpaired) electrons. The van der Waals surface area contributed by atoms with Gasteiger partial charge in [-0.3, -0.25) is 4.79 Å². The van der Waals surface area contributed by atoms with Crippen LogP contribution in [0.15, 0.2) is 42.5 Å². The van der Waals surface area contributed by atoms with Crippen LogP contribution in [0.25, 0.3) is 0 Å². The van der Waals surface area contributed by atoms with Crippen LogP contribution in [0.3, 0.4) is 0 Å². The Labute approximate surface area is 163 Å². The Bertz CT molecular complexity index is 766. The Morgan fingerprint density at radius 3 is 2.37 bits per heavy atom. The summed E-state index contributed by atoms with van der Waals surface area (Å²) in [6, 6.07) is 14.7. The topological polar surface area (TPSA) is 38.3 Å². The summed E-state index contributed by atoms with van der Waals surface area (Å²) in [6.07, 6.45) is 5.80. The number of aryl methyl sites for hydroxylation is 3. The lowest BCUT2D eigenvalue weighted by molar-refractivity contribution is -0.128. The van der Waals surface area contributed by atoms with Gasteiger partial charge in [0, 0.05) is 0 Å². The number of benzene rings is 2. The van der Waals surface area contributed by atoms with Gasteiger partial charge in [0.1, 0.15) is 5.75 Å². The van der Waals surface area contributed by atoms with Crippen molar-refractivity contribution in [3.05, 3.63) is 64.7 Å². The lowest BCUT2D eigenvalue weighted by Gasteiger charge is -2.23. The molecule has 2 aromatic carbocycles. The van der Waals surface area contributed by atoms with Gasteiger partial charge in [0.25, 0.3) is 5.91 Å². The van der Waals surface area contributed by atoms with Crippen molar-refractivity contribution < 1.29 is 9.53 Å². The summed E-state index contributed by atoms with van der Waals surface area (Å²) in [7, 11) is 0. The molecule has 3 heteroatoms. The van der Waals surface area contributed by atoms with E-state index in [-0.39, 0.29) is 11.9 Å². The Kier molecular flexibility index (Phi) is 6.54. The molecule has 144 valence electrons. The average Bonchev–Trinajstić information content (AvgIpc) is 2.70. The van der Waals surface area contributed by atoms with E-state index in [1.54, 1.807) is 0 Å². The molecule has 0 bridgehead atoms. The quantitative estimate of drug-likeness (QED) is 0.723. The van der Waals surface area contributed by atoms with Crippen molar-refractivity contribution in [1.29, 1.82) is 0 Å². The minimum atomic E-state index is -0.467. The zero-order valence-electron chi connectivity index (χ0n) is 16.8. The van der Waals surface area contributed by atoms with Crippen molar-refractivity contribution in [2.75, 3.05) is 0 Å². The third-order valence-electron chi connectivity index (χ3n) is 5.47. The second-order valence-corrected chi connectivity index (χ2v) is 7.53. The first kappa shape index (κ1) is 19.5. The Balaban J connectivity index is 1.67. The molecule has 0 unspecified atom stereocenters. The zero-order valence-corrected chi connectivity index (χ0v) is 16.8. The molecule has 2 atom stereocenters. The number of nitrogens with one attached hydrogen (secondary N) is 1. The summed E-state index contributed by atoms with van der Waals surface area (Å²) in [6.45, 7) is 6.16. The fraction of sp³-hybridized carbons (Fsp3) is 0.458. The van der Waals surface area contributed by atoms with Crippen molar-refractivity contribution in [3.63, 3.8) is 0 Å². The predicted octanol–water partition coefficient (Wildman–Crippen LogP) is 5.30. The van der Waals surface area contributed by atoms with Crippen LogP contribution in [-0.4, -0.2) is 12.0 Å². The Hall–Kier alpha value is -2.29. The van der Waals surface area contributed by atoms with E-state index < -0.39 is 6.10 Å². The van der Waals surface area contributed by atoms with E-state index in [2.05, 4.69) is 55.6 Å². The molecule has 0 aliphatic heterocycles. The van der Waals surface area contributed by atoms with Crippen molar-refractivity contribution >= 4 is 5.91 Å². The third kappa shape index (κ3) is 4.91. The largest absolute Gasteiger partial charge is 0.481 e. The first-order valence-corrected chi connectivity index (χ1v) is 10.3. The summed E-state index contributed by atoms with van der Waals surface area (Å²) in [5, 5.41) is 3.17. The van der Waals surface area contributed by atoms with Crippen LogP contribution in [0, 0.1) is 6.92 Å². The number of carbonyl (C=O) groups is 1. The first-order chi connectivity index (χ1) is 13.1. The summed E-state index contributed by atoms with van der Waals surface area (Å²) >= 11 is 0. The first-order valence-electron chi connectivity index (χ1n) is 10.3. The molecule has 1 aliphatic carbocycles. The monoisotopic (exact) mass is 365 g/mol. The highest BCUT2D eigenvalue weighted by molar-refractivity contribution is 5.81. The third-order valence-corrected chi connectivity index (χ3v) is 5.47. The van der Waals surface area contributed by atoms with Gasteiger partial charge in [0.15, 0.2) is 6.10 Å². The molecule has 0 saturated carbocycles. The van der Waals surface area contributed by atoms with E-state index in [4.69, 9.17) is 4.74 Å². The molecular weight excluding hydrogens is 334 g/mol. The number of ether oxygens (including phenoxy) is 1. The molecule has 3 nitrogen and oxygen atoms in total. The Morgan fingerprint density at radius 1 is 1.00 bits per heavy atom. The second kappa shape index (κ2) is 9.07. The van der Waals surface area contributed by atoms with Crippen molar-refractivity contribution in [2.45, 2.75) is 71.4 Å². The molecule has 1 N–H and O–H groups in total. The number of fused-ring (bicyclic) bond motifs is 1. The van der Waals surface area contributed by atoms with Gasteiger partial charge in [-0.05, 0) is 74.3 Å². The van der Waals surface area contributed by atoms with Crippen molar-refractivity contribution in [3.8, 4) is 5.75 Å². The lowest BCUT2D eigenvalue weighted by Crippen LogP contribution is -2.40.